The normalized spacial score (nSPS) is 11.1. The Morgan fingerprint density at radius 1 is 0.453 bits per heavy atom. The first-order chi connectivity index (χ1) is 30.9. The molecule has 332 valence electrons. The third-order valence-electron chi connectivity index (χ3n) is 9.71. The first-order valence-electron chi connectivity index (χ1n) is 21.0. The van der Waals surface area contributed by atoms with Gasteiger partial charge in [0.05, 0.1) is 39.6 Å². The summed E-state index contributed by atoms with van der Waals surface area (Å²) in [4.78, 5) is 37.2. The third-order valence-corrected chi connectivity index (χ3v) is 9.71. The summed E-state index contributed by atoms with van der Waals surface area (Å²) in [7, 11) is 0. The van der Waals surface area contributed by atoms with E-state index in [0.29, 0.717) is 43.1 Å². The summed E-state index contributed by atoms with van der Waals surface area (Å²) in [6.45, 7) is 20.1. The standard InChI is InChI=1S/C54H57NO9/c1-38(2)52(56)62-31-28-59-35-43-10-20-47(21-11-43)51(46-18-8-41(7)9-19-46)34-42-12-22-48(23-13-42)55(49-24-14-44(15-25-49)36-60-29-32-63-53(57)39(3)4)50-26-16-45(17-27-50)37-61-30-33-64-54(58)40(5)6/h8-27,34H,1,3,5,28-33,35-37H2,2,4,6-7H3. The molecule has 0 heterocycles. The van der Waals surface area contributed by atoms with Crippen molar-refractivity contribution in [1.29, 1.82) is 0 Å². The monoisotopic (exact) mass is 863 g/mol. The van der Waals surface area contributed by atoms with E-state index in [0.717, 1.165) is 56.0 Å². The number of hydrogen-bond acceptors (Lipinski definition) is 10. The van der Waals surface area contributed by atoms with Gasteiger partial charge >= 0.3 is 17.9 Å². The molecule has 0 aliphatic rings. The molecule has 0 N–H and O–H groups in total. The molecule has 0 bridgehead atoms. The summed E-state index contributed by atoms with van der Waals surface area (Å²) in [5.74, 6) is -1.29. The molecule has 10 heteroatoms. The second kappa shape index (κ2) is 24.7. The number of aryl methyl sites for hydroxylation is 1. The van der Waals surface area contributed by atoms with Crippen LogP contribution in [-0.2, 0) is 62.6 Å². The van der Waals surface area contributed by atoms with Crippen LogP contribution in [0.1, 0.15) is 59.7 Å². The maximum Gasteiger partial charge on any atom is 0.333 e. The molecule has 0 aromatic heterocycles. The molecule has 0 fully saturated rings. The van der Waals surface area contributed by atoms with E-state index in [9.17, 15) is 14.4 Å². The lowest BCUT2D eigenvalue weighted by Crippen LogP contribution is -2.12. The predicted molar refractivity (Wildman–Crippen MR) is 252 cm³/mol. The highest BCUT2D eigenvalue weighted by Crippen LogP contribution is 2.36. The van der Waals surface area contributed by atoms with E-state index in [1.54, 1.807) is 20.8 Å². The van der Waals surface area contributed by atoms with E-state index in [1.807, 2.05) is 24.3 Å². The molecule has 10 nitrogen and oxygen atoms in total. The van der Waals surface area contributed by atoms with Crippen molar-refractivity contribution in [1.82, 2.24) is 0 Å². The summed E-state index contributed by atoms with van der Waals surface area (Å²) in [6, 6.07) is 41.6. The molecule has 0 amide bonds. The summed E-state index contributed by atoms with van der Waals surface area (Å²) < 4.78 is 32.7. The van der Waals surface area contributed by atoms with Crippen LogP contribution in [0.25, 0.3) is 11.6 Å². The molecule has 0 radical (unpaired) electrons. The Hall–Kier alpha value is -6.85. The Balaban J connectivity index is 1.35. The van der Waals surface area contributed by atoms with Crippen LogP contribution in [0, 0.1) is 6.92 Å². The van der Waals surface area contributed by atoms with Gasteiger partial charge in [0, 0.05) is 33.8 Å². The highest BCUT2D eigenvalue weighted by atomic mass is 16.6. The number of carbonyl (C=O) groups is 3. The third kappa shape index (κ3) is 15.2. The van der Waals surface area contributed by atoms with E-state index in [-0.39, 0.29) is 33.0 Å². The smallest absolute Gasteiger partial charge is 0.333 e. The highest BCUT2D eigenvalue weighted by Gasteiger charge is 2.14. The van der Waals surface area contributed by atoms with E-state index < -0.39 is 17.9 Å². The van der Waals surface area contributed by atoms with Crippen LogP contribution in [-0.4, -0.2) is 57.5 Å². The van der Waals surface area contributed by atoms with Crippen LogP contribution >= 0.6 is 0 Å². The van der Waals surface area contributed by atoms with Crippen molar-refractivity contribution >= 4 is 46.6 Å². The van der Waals surface area contributed by atoms with Gasteiger partial charge < -0.3 is 33.3 Å². The Kier molecular flexibility index (Phi) is 18.6. The van der Waals surface area contributed by atoms with Crippen LogP contribution in [0.2, 0.25) is 0 Å². The molecule has 0 aliphatic heterocycles. The topological polar surface area (TPSA) is 110 Å². The molecular formula is C54H57NO9. The zero-order valence-electron chi connectivity index (χ0n) is 37.2. The molecular weight excluding hydrogens is 807 g/mol. The number of rotatable bonds is 24. The number of hydrogen-bond donors (Lipinski definition) is 0. The van der Waals surface area contributed by atoms with Crippen LogP contribution < -0.4 is 4.90 Å². The Morgan fingerprint density at radius 2 is 0.766 bits per heavy atom. The zero-order valence-corrected chi connectivity index (χ0v) is 37.2. The minimum atomic E-state index is -0.433. The number of nitrogens with zero attached hydrogens (tertiary/aromatic N) is 1. The van der Waals surface area contributed by atoms with Gasteiger partial charge in [-0.2, -0.15) is 0 Å². The van der Waals surface area contributed by atoms with E-state index >= 15 is 0 Å². The van der Waals surface area contributed by atoms with E-state index in [4.69, 9.17) is 28.4 Å². The van der Waals surface area contributed by atoms with Crippen molar-refractivity contribution in [3.05, 3.63) is 197 Å². The molecule has 0 atom stereocenters. The fourth-order valence-electron chi connectivity index (χ4n) is 6.18. The zero-order chi connectivity index (χ0) is 45.8. The average Bonchev–Trinajstić information content (AvgIpc) is 3.29. The van der Waals surface area contributed by atoms with Crippen LogP contribution in [0.4, 0.5) is 17.1 Å². The molecule has 0 saturated heterocycles. The van der Waals surface area contributed by atoms with Crippen molar-refractivity contribution in [2.45, 2.75) is 47.5 Å². The second-order valence-electron chi connectivity index (χ2n) is 15.3. The molecule has 64 heavy (non-hydrogen) atoms. The van der Waals surface area contributed by atoms with E-state index in [2.05, 4.69) is 135 Å². The number of benzene rings is 5. The largest absolute Gasteiger partial charge is 0.460 e. The van der Waals surface area contributed by atoms with Gasteiger partial charge in [0.15, 0.2) is 0 Å². The van der Waals surface area contributed by atoms with Gasteiger partial charge in [-0.1, -0.05) is 110 Å². The Morgan fingerprint density at radius 3 is 1.11 bits per heavy atom. The fourth-order valence-corrected chi connectivity index (χ4v) is 6.18. The highest BCUT2D eigenvalue weighted by molar-refractivity contribution is 5.92. The molecule has 0 unspecified atom stereocenters. The van der Waals surface area contributed by atoms with Gasteiger partial charge in [-0.15, -0.1) is 0 Å². The fraction of sp³-hybridized carbons (Fsp3) is 0.241. The molecule has 0 spiro atoms. The van der Waals surface area contributed by atoms with Gasteiger partial charge in [-0.05, 0) is 109 Å². The van der Waals surface area contributed by atoms with Crippen LogP contribution in [0.3, 0.4) is 0 Å². The van der Waals surface area contributed by atoms with Crippen LogP contribution in [0.5, 0.6) is 0 Å². The average molecular weight is 864 g/mol. The number of anilines is 3. The van der Waals surface area contributed by atoms with Crippen LogP contribution in [0.15, 0.2) is 158 Å². The van der Waals surface area contributed by atoms with Crippen molar-refractivity contribution in [3.8, 4) is 0 Å². The summed E-state index contributed by atoms with van der Waals surface area (Å²) in [5.41, 5.74) is 12.3. The number of carbonyl (C=O) groups excluding carboxylic acids is 3. The lowest BCUT2D eigenvalue weighted by Gasteiger charge is -2.26. The first kappa shape index (κ1) is 48.2. The first-order valence-corrected chi connectivity index (χ1v) is 21.0. The number of ether oxygens (including phenoxy) is 6. The summed E-state index contributed by atoms with van der Waals surface area (Å²) in [5, 5.41) is 0. The Bertz CT molecular complexity index is 2300. The van der Waals surface area contributed by atoms with Crippen molar-refractivity contribution < 1.29 is 42.8 Å². The summed E-state index contributed by atoms with van der Waals surface area (Å²) >= 11 is 0. The maximum atomic E-state index is 11.7. The van der Waals surface area contributed by atoms with Gasteiger partial charge in [-0.25, -0.2) is 14.4 Å². The maximum absolute atomic E-state index is 11.7. The summed E-state index contributed by atoms with van der Waals surface area (Å²) in [6.07, 6.45) is 2.20. The lowest BCUT2D eigenvalue weighted by molar-refractivity contribution is -0.141. The van der Waals surface area contributed by atoms with Crippen molar-refractivity contribution in [3.63, 3.8) is 0 Å². The minimum Gasteiger partial charge on any atom is -0.460 e. The molecule has 0 aliphatic carbocycles. The van der Waals surface area contributed by atoms with Gasteiger partial charge in [-0.3, -0.25) is 0 Å². The second-order valence-corrected chi connectivity index (χ2v) is 15.3. The predicted octanol–water partition coefficient (Wildman–Crippen LogP) is 11.0. The molecule has 5 rings (SSSR count). The van der Waals surface area contributed by atoms with Crippen molar-refractivity contribution in [2.75, 3.05) is 44.5 Å². The number of esters is 3. The lowest BCUT2D eigenvalue weighted by atomic mass is 9.94. The quantitative estimate of drug-likeness (QED) is 0.0195. The van der Waals surface area contributed by atoms with Gasteiger partial charge in [0.1, 0.15) is 19.8 Å². The Labute approximate surface area is 377 Å². The molecule has 5 aromatic carbocycles. The molecule has 5 aromatic rings. The SMILES string of the molecule is C=C(C)C(=O)OCCOCc1ccc(C(=Cc2ccc(N(c3ccc(COCCOC(=O)C(=C)C)cc3)c3ccc(COCCOC(=O)C(=C)C)cc3)cc2)c2ccc(C)cc2)cc1. The minimum absolute atomic E-state index is 0.152. The van der Waals surface area contributed by atoms with Gasteiger partial charge in [0.25, 0.3) is 0 Å². The van der Waals surface area contributed by atoms with E-state index in [1.165, 1.54) is 5.56 Å². The van der Waals surface area contributed by atoms with Crippen molar-refractivity contribution in [2.24, 2.45) is 0 Å². The molecule has 0 saturated carbocycles. The van der Waals surface area contributed by atoms with Gasteiger partial charge in [0.2, 0.25) is 0 Å².